The lowest BCUT2D eigenvalue weighted by Gasteiger charge is -2.22. The third-order valence-corrected chi connectivity index (χ3v) is 5.59. The van der Waals surface area contributed by atoms with Crippen LogP contribution in [0.4, 0.5) is 10.5 Å². The first-order valence-corrected chi connectivity index (χ1v) is 12.5. The van der Waals surface area contributed by atoms with Crippen LogP contribution in [0.3, 0.4) is 0 Å². The predicted octanol–water partition coefficient (Wildman–Crippen LogP) is 4.75. The molecule has 3 rings (SSSR count). The van der Waals surface area contributed by atoms with Gasteiger partial charge in [-0.1, -0.05) is 31.2 Å². The van der Waals surface area contributed by atoms with E-state index < -0.39 is 17.6 Å². The Morgan fingerprint density at radius 2 is 1.73 bits per heavy atom. The summed E-state index contributed by atoms with van der Waals surface area (Å²) >= 11 is 0. The van der Waals surface area contributed by atoms with Gasteiger partial charge >= 0.3 is 12.1 Å². The second kappa shape index (κ2) is 12.3. The summed E-state index contributed by atoms with van der Waals surface area (Å²) in [4.78, 5) is 37.4. The fourth-order valence-corrected chi connectivity index (χ4v) is 3.75. The Bertz CT molecular complexity index is 1250. The van der Waals surface area contributed by atoms with Gasteiger partial charge in [0.15, 0.2) is 12.4 Å². The molecule has 37 heavy (non-hydrogen) atoms. The number of nitrogens with one attached hydrogen (secondary N) is 2. The van der Waals surface area contributed by atoms with Gasteiger partial charge in [-0.3, -0.25) is 9.59 Å². The highest BCUT2D eigenvalue weighted by Crippen LogP contribution is 2.22. The van der Waals surface area contributed by atoms with Crippen LogP contribution in [0.5, 0.6) is 0 Å². The number of carbonyl (C=O) groups is 3. The van der Waals surface area contributed by atoms with Gasteiger partial charge in [0.2, 0.25) is 5.91 Å². The highest BCUT2D eigenvalue weighted by Gasteiger charge is 2.24. The number of pyridine rings is 1. The van der Waals surface area contributed by atoms with Crippen molar-refractivity contribution >= 4 is 34.4 Å². The van der Waals surface area contributed by atoms with Crippen LogP contribution in [0.25, 0.3) is 10.8 Å². The summed E-state index contributed by atoms with van der Waals surface area (Å²) in [5.74, 6) is -1.18. The van der Waals surface area contributed by atoms with Crippen molar-refractivity contribution < 1.29 is 28.4 Å². The van der Waals surface area contributed by atoms with Crippen LogP contribution in [0.2, 0.25) is 0 Å². The van der Waals surface area contributed by atoms with Crippen LogP contribution in [-0.2, 0) is 32.7 Å². The molecule has 1 aromatic heterocycles. The first kappa shape index (κ1) is 27.6. The largest absolute Gasteiger partial charge is 0.461 e. The topological polar surface area (TPSA) is 97.6 Å². The number of hydrogen-bond acceptors (Lipinski definition) is 5. The predicted molar refractivity (Wildman–Crippen MR) is 142 cm³/mol. The number of ether oxygens (including phenoxy) is 2. The van der Waals surface area contributed by atoms with Crippen LogP contribution in [-0.4, -0.2) is 30.1 Å². The molecular weight excluding hydrogens is 470 g/mol. The molecule has 8 nitrogen and oxygen atoms in total. The Kier molecular flexibility index (Phi) is 9.22. The monoisotopic (exact) mass is 506 g/mol. The molecule has 0 spiro atoms. The van der Waals surface area contributed by atoms with Gasteiger partial charge in [0, 0.05) is 30.1 Å². The van der Waals surface area contributed by atoms with Crippen molar-refractivity contribution in [2.45, 2.75) is 58.7 Å². The fourth-order valence-electron chi connectivity index (χ4n) is 3.75. The lowest BCUT2D eigenvalue weighted by Crippen LogP contribution is -2.37. The summed E-state index contributed by atoms with van der Waals surface area (Å²) in [5, 5.41) is 7.75. The number of benzene rings is 2. The normalized spacial score (nSPS) is 12.0. The van der Waals surface area contributed by atoms with E-state index in [0.717, 1.165) is 22.8 Å². The highest BCUT2D eigenvalue weighted by atomic mass is 16.6. The number of esters is 1. The van der Waals surface area contributed by atoms with E-state index in [4.69, 9.17) is 9.47 Å². The molecule has 0 radical (unpaired) electrons. The summed E-state index contributed by atoms with van der Waals surface area (Å²) in [6.45, 7) is 7.48. The van der Waals surface area contributed by atoms with Crippen LogP contribution in [0, 0.1) is 0 Å². The number of alkyl carbamates (subject to hydrolysis) is 1. The minimum atomic E-state index is -0.673. The first-order valence-electron chi connectivity index (χ1n) is 12.5. The van der Waals surface area contributed by atoms with Gasteiger partial charge < -0.3 is 20.1 Å². The Balaban J connectivity index is 1.77. The van der Waals surface area contributed by atoms with Crippen molar-refractivity contribution in [3.05, 3.63) is 72.1 Å². The fraction of sp³-hybridized carbons (Fsp3) is 0.379. The number of rotatable bonds is 9. The molecule has 1 heterocycles. The van der Waals surface area contributed by atoms with Gasteiger partial charge in [0.25, 0.3) is 0 Å². The van der Waals surface area contributed by atoms with E-state index in [1.807, 2.05) is 79.5 Å². The molecule has 0 aliphatic heterocycles. The zero-order valence-corrected chi connectivity index (χ0v) is 22.2. The Morgan fingerprint density at radius 1 is 1.00 bits per heavy atom. The minimum absolute atomic E-state index is 0.0506. The third kappa shape index (κ3) is 8.59. The summed E-state index contributed by atoms with van der Waals surface area (Å²) in [6.07, 6.45) is 4.47. The van der Waals surface area contributed by atoms with E-state index in [-0.39, 0.29) is 25.0 Å². The molecule has 1 unspecified atom stereocenters. The maximum Gasteiger partial charge on any atom is 0.407 e. The van der Waals surface area contributed by atoms with Crippen molar-refractivity contribution in [2.24, 2.45) is 7.05 Å². The SMILES string of the molecule is CCCC(=O)OCc1ccc(C(CNC(=O)OC(C)(C)C)C(=O)Nc2ccc3c[n+](C)ccc3c2)cc1. The van der Waals surface area contributed by atoms with Crippen molar-refractivity contribution in [2.75, 3.05) is 11.9 Å². The van der Waals surface area contributed by atoms with Crippen LogP contribution >= 0.6 is 0 Å². The van der Waals surface area contributed by atoms with Crippen LogP contribution in [0.15, 0.2) is 60.9 Å². The van der Waals surface area contributed by atoms with E-state index in [2.05, 4.69) is 10.6 Å². The van der Waals surface area contributed by atoms with E-state index in [1.165, 1.54) is 0 Å². The highest BCUT2D eigenvalue weighted by molar-refractivity contribution is 5.98. The molecule has 0 aliphatic carbocycles. The summed E-state index contributed by atoms with van der Waals surface area (Å²) < 4.78 is 12.6. The molecule has 0 saturated heterocycles. The Morgan fingerprint density at radius 3 is 2.41 bits per heavy atom. The number of fused-ring (bicyclic) bond motifs is 1. The lowest BCUT2D eigenvalue weighted by molar-refractivity contribution is -0.670. The molecule has 1 atom stereocenters. The van der Waals surface area contributed by atoms with Crippen molar-refractivity contribution in [3.8, 4) is 0 Å². The minimum Gasteiger partial charge on any atom is -0.461 e. The zero-order chi connectivity index (χ0) is 27.0. The average molecular weight is 507 g/mol. The maximum absolute atomic E-state index is 13.4. The molecule has 196 valence electrons. The molecule has 0 bridgehead atoms. The molecule has 0 aliphatic rings. The van der Waals surface area contributed by atoms with Gasteiger partial charge in [-0.2, -0.15) is 0 Å². The molecule has 8 heteroatoms. The third-order valence-electron chi connectivity index (χ3n) is 5.59. The zero-order valence-electron chi connectivity index (χ0n) is 22.2. The molecule has 2 N–H and O–H groups in total. The van der Waals surface area contributed by atoms with Gasteiger partial charge in [-0.15, -0.1) is 0 Å². The van der Waals surface area contributed by atoms with Crippen molar-refractivity contribution in [1.29, 1.82) is 0 Å². The molecule has 3 aromatic rings. The summed E-state index contributed by atoms with van der Waals surface area (Å²) in [7, 11) is 1.96. The standard InChI is InChI=1S/C29H35N3O5/c1-6-7-26(33)36-19-20-8-10-21(11-9-20)25(17-30-28(35)37-29(2,3)4)27(34)31-24-13-12-23-18-32(5)15-14-22(23)16-24/h8-16,18,25H,6-7,17,19H2,1-5H3,(H,30,35)/p+1. The molecule has 0 fully saturated rings. The second-order valence-electron chi connectivity index (χ2n) is 10.0. The van der Waals surface area contributed by atoms with Crippen molar-refractivity contribution in [1.82, 2.24) is 5.32 Å². The number of aromatic nitrogens is 1. The van der Waals surface area contributed by atoms with Gasteiger partial charge in [0.05, 0.1) is 5.92 Å². The second-order valence-corrected chi connectivity index (χ2v) is 10.0. The van der Waals surface area contributed by atoms with Crippen molar-refractivity contribution in [3.63, 3.8) is 0 Å². The molecule has 0 saturated carbocycles. The first-order chi connectivity index (χ1) is 17.5. The molecular formula is C29H36N3O5+. The van der Waals surface area contributed by atoms with Gasteiger partial charge in [0.1, 0.15) is 19.3 Å². The van der Waals surface area contributed by atoms with E-state index in [9.17, 15) is 14.4 Å². The number of amides is 2. The average Bonchev–Trinajstić information content (AvgIpc) is 2.83. The number of anilines is 1. The lowest BCUT2D eigenvalue weighted by atomic mass is 9.96. The number of hydrogen-bond donors (Lipinski definition) is 2. The number of carbonyl (C=O) groups excluding carboxylic acids is 3. The summed E-state index contributed by atoms with van der Waals surface area (Å²) in [5.41, 5.74) is 1.54. The smallest absolute Gasteiger partial charge is 0.407 e. The number of aryl methyl sites for hydroxylation is 1. The summed E-state index contributed by atoms with van der Waals surface area (Å²) in [6, 6.07) is 15.0. The van der Waals surface area contributed by atoms with E-state index in [1.54, 1.807) is 20.8 Å². The van der Waals surface area contributed by atoms with E-state index in [0.29, 0.717) is 17.7 Å². The van der Waals surface area contributed by atoms with Crippen LogP contribution in [0.1, 0.15) is 57.6 Å². The Hall–Kier alpha value is -3.94. The Labute approximate surface area is 218 Å². The quantitative estimate of drug-likeness (QED) is 0.322. The number of nitrogens with zero attached hydrogens (tertiary/aromatic N) is 1. The maximum atomic E-state index is 13.4. The van der Waals surface area contributed by atoms with Gasteiger partial charge in [-0.05, 0) is 61.9 Å². The van der Waals surface area contributed by atoms with Crippen LogP contribution < -0.4 is 15.2 Å². The van der Waals surface area contributed by atoms with E-state index >= 15 is 0 Å². The molecule has 2 amide bonds. The molecule has 2 aromatic carbocycles. The van der Waals surface area contributed by atoms with Gasteiger partial charge in [-0.25, -0.2) is 9.36 Å².